The highest BCUT2D eigenvalue weighted by atomic mass is 19.1. The van der Waals surface area contributed by atoms with Crippen molar-refractivity contribution in [3.05, 3.63) is 41.0 Å². The molecule has 0 aromatic heterocycles. The van der Waals surface area contributed by atoms with Gasteiger partial charge < -0.3 is 5.11 Å². The fourth-order valence-electron chi connectivity index (χ4n) is 1.00. The molecule has 0 unspecified atom stereocenters. The molecular weight excluding hydrogens is 174 g/mol. The van der Waals surface area contributed by atoms with Crippen LogP contribution in [0.2, 0.25) is 0 Å². The van der Waals surface area contributed by atoms with Crippen molar-refractivity contribution in [2.45, 2.75) is 6.92 Å². The molecule has 13 heavy (non-hydrogen) atoms. The Balaban J connectivity index is 3.17. The molecule has 0 heterocycles. The molecule has 0 spiro atoms. The molecule has 1 nitrogen and oxygen atoms in total. The van der Waals surface area contributed by atoms with Gasteiger partial charge in [-0.2, -0.15) is 0 Å². The van der Waals surface area contributed by atoms with Crippen molar-refractivity contribution in [1.82, 2.24) is 0 Å². The van der Waals surface area contributed by atoms with Crippen molar-refractivity contribution in [2.24, 2.45) is 0 Å². The Kier molecular flexibility index (Phi) is 3.14. The minimum atomic E-state index is -0.618. The first-order chi connectivity index (χ1) is 6.16. The lowest BCUT2D eigenvalue weighted by molar-refractivity contribution is 0.343. The third-order valence-corrected chi connectivity index (χ3v) is 1.71. The molecule has 70 valence electrons. The van der Waals surface area contributed by atoms with Gasteiger partial charge in [0.15, 0.2) is 0 Å². The van der Waals surface area contributed by atoms with E-state index in [1.54, 1.807) is 6.92 Å². The first-order valence-corrected chi connectivity index (χ1v) is 3.89. The summed E-state index contributed by atoms with van der Waals surface area (Å²) in [5, 5.41) is 8.45. The molecule has 1 rings (SSSR count). The monoisotopic (exact) mass is 184 g/mol. The third kappa shape index (κ3) is 2.12. The molecule has 0 aliphatic rings. The van der Waals surface area contributed by atoms with Crippen LogP contribution in [0.5, 0.6) is 0 Å². The van der Waals surface area contributed by atoms with E-state index in [2.05, 4.69) is 0 Å². The first-order valence-electron chi connectivity index (χ1n) is 3.89. The standard InChI is InChI=1S/C10H10F2O/c1-7-4-5-9(11)8(10(7)12)3-2-6-13/h2-5,13H,6H2,1H3/b3-2+. The molecule has 0 saturated carbocycles. The van der Waals surface area contributed by atoms with Crippen molar-refractivity contribution in [1.29, 1.82) is 0 Å². The molecule has 0 saturated heterocycles. The summed E-state index contributed by atoms with van der Waals surface area (Å²) in [6, 6.07) is 2.58. The summed E-state index contributed by atoms with van der Waals surface area (Å²) in [5.41, 5.74) is 0.285. The second-order valence-electron chi connectivity index (χ2n) is 2.68. The van der Waals surface area contributed by atoms with E-state index in [0.717, 1.165) is 0 Å². The number of rotatable bonds is 2. The zero-order chi connectivity index (χ0) is 9.84. The Morgan fingerprint density at radius 2 is 2.08 bits per heavy atom. The van der Waals surface area contributed by atoms with E-state index in [9.17, 15) is 8.78 Å². The summed E-state index contributed by atoms with van der Waals surface area (Å²) >= 11 is 0. The van der Waals surface area contributed by atoms with E-state index in [1.165, 1.54) is 24.3 Å². The van der Waals surface area contributed by atoms with Crippen molar-refractivity contribution >= 4 is 6.08 Å². The SMILES string of the molecule is Cc1ccc(F)c(/C=C/CO)c1F. The zero-order valence-electron chi connectivity index (χ0n) is 7.22. The van der Waals surface area contributed by atoms with Crippen LogP contribution in [-0.2, 0) is 0 Å². The molecule has 0 fully saturated rings. The maximum atomic E-state index is 13.2. The minimum Gasteiger partial charge on any atom is -0.392 e. The number of halogens is 2. The van der Waals surface area contributed by atoms with Gasteiger partial charge in [0.05, 0.1) is 6.61 Å². The van der Waals surface area contributed by atoms with Crippen LogP contribution in [0.25, 0.3) is 6.08 Å². The van der Waals surface area contributed by atoms with Gasteiger partial charge in [-0.05, 0) is 18.6 Å². The summed E-state index contributed by atoms with van der Waals surface area (Å²) in [5.74, 6) is -1.20. The molecule has 0 atom stereocenters. The Labute approximate surface area is 75.3 Å². The molecule has 0 aliphatic heterocycles. The van der Waals surface area contributed by atoms with Gasteiger partial charge in [-0.1, -0.05) is 18.2 Å². The Morgan fingerprint density at radius 1 is 1.38 bits per heavy atom. The molecular formula is C10H10F2O. The molecule has 1 N–H and O–H groups in total. The van der Waals surface area contributed by atoms with Gasteiger partial charge in [-0.15, -0.1) is 0 Å². The van der Waals surface area contributed by atoms with E-state index in [1.807, 2.05) is 0 Å². The Hall–Kier alpha value is -1.22. The lowest BCUT2D eigenvalue weighted by Gasteiger charge is -2.01. The summed E-state index contributed by atoms with van der Waals surface area (Å²) in [6.07, 6.45) is 2.53. The van der Waals surface area contributed by atoms with Crippen molar-refractivity contribution in [3.63, 3.8) is 0 Å². The summed E-state index contributed by atoms with van der Waals surface area (Å²) < 4.78 is 26.2. The van der Waals surface area contributed by atoms with Gasteiger partial charge in [-0.25, -0.2) is 8.78 Å². The van der Waals surface area contributed by atoms with Crippen LogP contribution in [0.4, 0.5) is 8.78 Å². The van der Waals surface area contributed by atoms with Crippen LogP contribution in [-0.4, -0.2) is 11.7 Å². The molecule has 0 amide bonds. The van der Waals surface area contributed by atoms with Crippen LogP contribution in [0.3, 0.4) is 0 Å². The predicted molar refractivity (Wildman–Crippen MR) is 47.2 cm³/mol. The van der Waals surface area contributed by atoms with E-state index in [-0.39, 0.29) is 12.2 Å². The van der Waals surface area contributed by atoms with E-state index >= 15 is 0 Å². The molecule has 0 aliphatic carbocycles. The van der Waals surface area contributed by atoms with Gasteiger partial charge in [0.25, 0.3) is 0 Å². The zero-order valence-corrected chi connectivity index (χ0v) is 7.22. The van der Waals surface area contributed by atoms with Crippen LogP contribution < -0.4 is 0 Å². The maximum absolute atomic E-state index is 13.2. The van der Waals surface area contributed by atoms with Crippen LogP contribution in [0, 0.1) is 18.6 Å². The molecule has 3 heteroatoms. The van der Waals surface area contributed by atoms with Crippen LogP contribution >= 0.6 is 0 Å². The molecule has 0 bridgehead atoms. The number of aliphatic hydroxyl groups is 1. The molecule has 0 radical (unpaired) electrons. The van der Waals surface area contributed by atoms with Crippen molar-refractivity contribution in [2.75, 3.05) is 6.61 Å². The Bertz CT molecular complexity index is 332. The fraction of sp³-hybridized carbons (Fsp3) is 0.200. The van der Waals surface area contributed by atoms with E-state index in [0.29, 0.717) is 5.56 Å². The normalized spacial score (nSPS) is 11.1. The topological polar surface area (TPSA) is 20.2 Å². The van der Waals surface area contributed by atoms with Gasteiger partial charge in [-0.3, -0.25) is 0 Å². The summed E-state index contributed by atoms with van der Waals surface area (Å²) in [7, 11) is 0. The van der Waals surface area contributed by atoms with Gasteiger partial charge in [0.1, 0.15) is 11.6 Å². The first kappa shape index (κ1) is 9.86. The average molecular weight is 184 g/mol. The third-order valence-electron chi connectivity index (χ3n) is 1.71. The van der Waals surface area contributed by atoms with Gasteiger partial charge in [0, 0.05) is 5.56 Å². The number of benzene rings is 1. The fourth-order valence-corrected chi connectivity index (χ4v) is 1.00. The highest BCUT2D eigenvalue weighted by Crippen LogP contribution is 2.17. The van der Waals surface area contributed by atoms with Crippen LogP contribution in [0.15, 0.2) is 18.2 Å². The smallest absolute Gasteiger partial charge is 0.136 e. The highest BCUT2D eigenvalue weighted by Gasteiger charge is 2.07. The quantitative estimate of drug-likeness (QED) is 0.747. The summed E-state index contributed by atoms with van der Waals surface area (Å²) in [4.78, 5) is 0. The number of aryl methyl sites for hydroxylation is 1. The van der Waals surface area contributed by atoms with Crippen molar-refractivity contribution < 1.29 is 13.9 Å². The minimum absolute atomic E-state index is 0.103. The largest absolute Gasteiger partial charge is 0.392 e. The highest BCUT2D eigenvalue weighted by molar-refractivity contribution is 5.52. The van der Waals surface area contributed by atoms with Crippen LogP contribution in [0.1, 0.15) is 11.1 Å². The number of hydrogen-bond acceptors (Lipinski definition) is 1. The van der Waals surface area contributed by atoms with Gasteiger partial charge in [0.2, 0.25) is 0 Å². The average Bonchev–Trinajstić information content (AvgIpc) is 2.12. The molecule has 1 aromatic rings. The number of aliphatic hydroxyl groups excluding tert-OH is 1. The second-order valence-corrected chi connectivity index (χ2v) is 2.68. The number of hydrogen-bond donors (Lipinski definition) is 1. The predicted octanol–water partition coefficient (Wildman–Crippen LogP) is 2.28. The Morgan fingerprint density at radius 3 is 2.69 bits per heavy atom. The van der Waals surface area contributed by atoms with Crippen molar-refractivity contribution in [3.8, 4) is 0 Å². The van der Waals surface area contributed by atoms with E-state index in [4.69, 9.17) is 5.11 Å². The lowest BCUT2D eigenvalue weighted by atomic mass is 10.1. The molecule has 1 aromatic carbocycles. The summed E-state index contributed by atoms with van der Waals surface area (Å²) in [6.45, 7) is 1.33. The second kappa shape index (κ2) is 4.14. The van der Waals surface area contributed by atoms with Gasteiger partial charge >= 0.3 is 0 Å². The maximum Gasteiger partial charge on any atom is 0.136 e. The van der Waals surface area contributed by atoms with E-state index < -0.39 is 11.6 Å². The lowest BCUT2D eigenvalue weighted by Crippen LogP contribution is -1.92.